The molecule has 4 nitrogen and oxygen atoms in total. The highest BCUT2D eigenvalue weighted by Crippen LogP contribution is 2.32. The quantitative estimate of drug-likeness (QED) is 0.755. The first-order chi connectivity index (χ1) is 12.7. The van der Waals surface area contributed by atoms with Crippen molar-refractivity contribution >= 4 is 17.4 Å². The molecule has 5 heteroatoms. The minimum atomic E-state index is 0.0695. The second-order valence-electron chi connectivity index (χ2n) is 6.86. The highest BCUT2D eigenvalue weighted by atomic mass is 35.5. The molecule has 0 atom stereocenters. The number of Topliss-reactive ketones (excluding diaryl/α,β-unsaturated/α-hetero) is 1. The van der Waals surface area contributed by atoms with Crippen molar-refractivity contribution in [3.63, 3.8) is 0 Å². The lowest BCUT2D eigenvalue weighted by Gasteiger charge is -2.31. The fourth-order valence-electron chi connectivity index (χ4n) is 3.65. The van der Waals surface area contributed by atoms with E-state index in [1.807, 2.05) is 36.4 Å². The molecule has 1 fully saturated rings. The zero-order valence-corrected chi connectivity index (χ0v) is 15.4. The molecule has 136 valence electrons. The van der Waals surface area contributed by atoms with Gasteiger partial charge in [-0.15, -0.1) is 0 Å². The number of piperidine rings is 1. The molecule has 2 aromatic carbocycles. The monoisotopic (exact) mass is 371 g/mol. The van der Waals surface area contributed by atoms with Crippen molar-refractivity contribution < 1.29 is 14.3 Å². The van der Waals surface area contributed by atoms with Gasteiger partial charge in [0.2, 0.25) is 0 Å². The van der Waals surface area contributed by atoms with Crippen LogP contribution < -0.4 is 9.47 Å². The molecule has 0 saturated carbocycles. The number of ether oxygens (including phenoxy) is 2. The summed E-state index contributed by atoms with van der Waals surface area (Å²) in [7, 11) is 0. The second kappa shape index (κ2) is 7.68. The molecule has 2 aliphatic heterocycles. The third-order valence-electron chi connectivity index (χ3n) is 5.14. The second-order valence-corrected chi connectivity index (χ2v) is 7.27. The Kier molecular flexibility index (Phi) is 5.14. The highest BCUT2D eigenvalue weighted by molar-refractivity contribution is 6.31. The molecule has 2 heterocycles. The molecule has 0 spiro atoms. The largest absolute Gasteiger partial charge is 0.486 e. The summed E-state index contributed by atoms with van der Waals surface area (Å²) in [5.74, 6) is 1.68. The Morgan fingerprint density at radius 2 is 1.77 bits per heavy atom. The van der Waals surface area contributed by atoms with Gasteiger partial charge in [0.25, 0.3) is 0 Å². The number of ketones is 1. The van der Waals surface area contributed by atoms with Gasteiger partial charge in [-0.3, -0.25) is 9.69 Å². The lowest BCUT2D eigenvalue weighted by molar-refractivity contribution is 0.0833. The Bertz CT molecular complexity index is 800. The van der Waals surface area contributed by atoms with Crippen LogP contribution in [-0.4, -0.2) is 37.0 Å². The maximum atomic E-state index is 12.9. The van der Waals surface area contributed by atoms with Crippen molar-refractivity contribution in [2.75, 3.05) is 26.3 Å². The van der Waals surface area contributed by atoms with E-state index in [2.05, 4.69) is 11.0 Å². The van der Waals surface area contributed by atoms with E-state index in [1.165, 1.54) is 0 Å². The van der Waals surface area contributed by atoms with Crippen LogP contribution in [0.3, 0.4) is 0 Å². The van der Waals surface area contributed by atoms with Gasteiger partial charge in [0.05, 0.1) is 0 Å². The van der Waals surface area contributed by atoms with Crippen molar-refractivity contribution in [3.8, 4) is 11.5 Å². The zero-order valence-electron chi connectivity index (χ0n) is 14.6. The maximum absolute atomic E-state index is 12.9. The number of carbonyl (C=O) groups is 1. The number of carbonyl (C=O) groups excluding carboxylic acids is 1. The Labute approximate surface area is 158 Å². The first-order valence-electron chi connectivity index (χ1n) is 9.10. The van der Waals surface area contributed by atoms with E-state index in [-0.39, 0.29) is 11.7 Å². The van der Waals surface area contributed by atoms with E-state index in [0.29, 0.717) is 19.0 Å². The standard InChI is InChI=1S/C21H22ClNO3/c22-18-4-2-1-3-17(18)14-23-9-7-15(8-10-23)21(24)16-5-6-19-20(13-16)26-12-11-25-19/h1-6,13,15H,7-12,14H2. The molecule has 4 rings (SSSR count). The fraction of sp³-hybridized carbons (Fsp3) is 0.381. The molecule has 0 bridgehead atoms. The van der Waals surface area contributed by atoms with E-state index in [4.69, 9.17) is 21.1 Å². The molecule has 2 aromatic rings. The van der Waals surface area contributed by atoms with Crippen LogP contribution in [0, 0.1) is 5.92 Å². The Balaban J connectivity index is 1.37. The van der Waals surface area contributed by atoms with Crippen LogP contribution >= 0.6 is 11.6 Å². The molecule has 0 amide bonds. The third-order valence-corrected chi connectivity index (χ3v) is 5.51. The number of likely N-dealkylation sites (tertiary alicyclic amines) is 1. The molecule has 26 heavy (non-hydrogen) atoms. The average molecular weight is 372 g/mol. The first-order valence-corrected chi connectivity index (χ1v) is 9.48. The van der Waals surface area contributed by atoms with Crippen molar-refractivity contribution in [2.24, 2.45) is 5.92 Å². The summed E-state index contributed by atoms with van der Waals surface area (Å²) in [5, 5.41) is 0.807. The predicted molar refractivity (Wildman–Crippen MR) is 101 cm³/mol. The minimum Gasteiger partial charge on any atom is -0.486 e. The summed E-state index contributed by atoms with van der Waals surface area (Å²) in [5.41, 5.74) is 1.87. The van der Waals surface area contributed by atoms with Gasteiger partial charge < -0.3 is 9.47 Å². The Morgan fingerprint density at radius 3 is 2.54 bits per heavy atom. The van der Waals surface area contributed by atoms with Gasteiger partial charge in [-0.25, -0.2) is 0 Å². The fourth-order valence-corrected chi connectivity index (χ4v) is 3.85. The molecular formula is C21H22ClNO3. The molecule has 0 unspecified atom stereocenters. The lowest BCUT2D eigenvalue weighted by atomic mass is 9.88. The Morgan fingerprint density at radius 1 is 1.04 bits per heavy atom. The number of fused-ring (bicyclic) bond motifs is 1. The van der Waals surface area contributed by atoms with Crippen LogP contribution in [0.4, 0.5) is 0 Å². The number of hydrogen-bond donors (Lipinski definition) is 0. The van der Waals surface area contributed by atoms with Crippen molar-refractivity contribution in [3.05, 3.63) is 58.6 Å². The molecule has 1 saturated heterocycles. The molecule has 0 radical (unpaired) electrons. The van der Waals surface area contributed by atoms with Crippen molar-refractivity contribution in [2.45, 2.75) is 19.4 Å². The van der Waals surface area contributed by atoms with E-state index < -0.39 is 0 Å². The van der Waals surface area contributed by atoms with Crippen LogP contribution in [-0.2, 0) is 6.54 Å². The highest BCUT2D eigenvalue weighted by Gasteiger charge is 2.27. The average Bonchev–Trinajstić information content (AvgIpc) is 2.69. The lowest BCUT2D eigenvalue weighted by Crippen LogP contribution is -2.36. The van der Waals surface area contributed by atoms with Crippen LogP contribution in [0.25, 0.3) is 0 Å². The number of nitrogens with zero attached hydrogens (tertiary/aromatic N) is 1. The molecule has 0 aliphatic carbocycles. The molecular weight excluding hydrogens is 350 g/mol. The number of rotatable bonds is 4. The SMILES string of the molecule is O=C(c1ccc2c(c1)OCCO2)C1CCN(Cc2ccccc2Cl)CC1. The predicted octanol–water partition coefficient (Wildman–Crippen LogP) is 4.21. The molecule has 2 aliphatic rings. The molecule has 0 N–H and O–H groups in total. The number of hydrogen-bond acceptors (Lipinski definition) is 4. The summed E-state index contributed by atoms with van der Waals surface area (Å²) in [6, 6.07) is 13.5. The zero-order chi connectivity index (χ0) is 17.9. The third kappa shape index (κ3) is 3.71. The van der Waals surface area contributed by atoms with E-state index >= 15 is 0 Å². The summed E-state index contributed by atoms with van der Waals surface area (Å²) in [6.45, 7) is 3.75. The van der Waals surface area contributed by atoms with Crippen LogP contribution in [0.15, 0.2) is 42.5 Å². The van der Waals surface area contributed by atoms with Crippen LogP contribution in [0.5, 0.6) is 11.5 Å². The number of halogens is 1. The van der Waals surface area contributed by atoms with E-state index in [0.717, 1.165) is 54.4 Å². The van der Waals surface area contributed by atoms with E-state index in [9.17, 15) is 4.79 Å². The van der Waals surface area contributed by atoms with Gasteiger partial charge >= 0.3 is 0 Å². The van der Waals surface area contributed by atoms with Gasteiger partial charge in [-0.1, -0.05) is 29.8 Å². The van der Waals surface area contributed by atoms with Crippen molar-refractivity contribution in [1.29, 1.82) is 0 Å². The minimum absolute atomic E-state index is 0.0695. The van der Waals surface area contributed by atoms with Gasteiger partial charge in [-0.2, -0.15) is 0 Å². The first kappa shape index (κ1) is 17.4. The summed E-state index contributed by atoms with van der Waals surface area (Å²) in [4.78, 5) is 15.2. The van der Waals surface area contributed by atoms with Gasteiger partial charge in [0.1, 0.15) is 13.2 Å². The van der Waals surface area contributed by atoms with Gasteiger partial charge in [-0.05, 0) is 55.8 Å². The van der Waals surface area contributed by atoms with Crippen LogP contribution in [0.2, 0.25) is 5.02 Å². The normalized spacial score (nSPS) is 17.9. The topological polar surface area (TPSA) is 38.8 Å². The van der Waals surface area contributed by atoms with Crippen molar-refractivity contribution in [1.82, 2.24) is 4.90 Å². The van der Waals surface area contributed by atoms with Gasteiger partial charge in [0, 0.05) is 23.0 Å². The summed E-state index contributed by atoms with van der Waals surface area (Å²) < 4.78 is 11.1. The van der Waals surface area contributed by atoms with Gasteiger partial charge in [0.15, 0.2) is 17.3 Å². The number of benzene rings is 2. The van der Waals surface area contributed by atoms with E-state index in [1.54, 1.807) is 0 Å². The summed E-state index contributed by atoms with van der Waals surface area (Å²) >= 11 is 6.26. The maximum Gasteiger partial charge on any atom is 0.166 e. The summed E-state index contributed by atoms with van der Waals surface area (Å²) in [6.07, 6.45) is 1.75. The smallest absolute Gasteiger partial charge is 0.166 e. The molecule has 0 aromatic heterocycles. The van der Waals surface area contributed by atoms with Crippen LogP contribution in [0.1, 0.15) is 28.8 Å². The Hall–Kier alpha value is -2.04.